The van der Waals surface area contributed by atoms with Crippen LogP contribution in [0.4, 0.5) is 10.2 Å². The SMILES string of the molecule is CN(CCOc1ccccc1F)c1cc(=O)n2ccccc2n1. The summed E-state index contributed by atoms with van der Waals surface area (Å²) in [5, 5.41) is 0. The van der Waals surface area contributed by atoms with E-state index in [9.17, 15) is 9.18 Å². The number of nitrogens with zero attached hydrogens (tertiary/aromatic N) is 3. The number of ether oxygens (including phenoxy) is 1. The lowest BCUT2D eigenvalue weighted by Crippen LogP contribution is -2.27. The molecular weight excluding hydrogens is 297 g/mol. The smallest absolute Gasteiger partial charge is 0.259 e. The van der Waals surface area contributed by atoms with E-state index in [1.807, 2.05) is 13.1 Å². The fourth-order valence-electron chi connectivity index (χ4n) is 2.21. The van der Waals surface area contributed by atoms with Gasteiger partial charge in [-0.3, -0.25) is 9.20 Å². The Bertz CT molecular complexity index is 879. The largest absolute Gasteiger partial charge is 0.489 e. The van der Waals surface area contributed by atoms with Crippen molar-refractivity contribution >= 4 is 11.5 Å². The number of pyridine rings is 1. The number of anilines is 1. The number of hydrogen-bond acceptors (Lipinski definition) is 4. The standard InChI is InChI=1S/C17H16FN3O2/c1-20(10-11-23-14-7-3-2-6-13(14)18)16-12-17(22)21-9-5-4-8-15(21)19-16/h2-9,12H,10-11H2,1H3. The van der Waals surface area contributed by atoms with Crippen molar-refractivity contribution in [2.45, 2.75) is 0 Å². The van der Waals surface area contributed by atoms with Crippen molar-refractivity contribution in [3.8, 4) is 5.75 Å². The maximum atomic E-state index is 13.5. The van der Waals surface area contributed by atoms with Crippen molar-refractivity contribution in [3.63, 3.8) is 0 Å². The summed E-state index contributed by atoms with van der Waals surface area (Å²) < 4.78 is 20.4. The molecule has 2 heterocycles. The molecule has 3 aromatic rings. The highest BCUT2D eigenvalue weighted by Gasteiger charge is 2.07. The van der Waals surface area contributed by atoms with Gasteiger partial charge in [0.05, 0.1) is 6.54 Å². The Morgan fingerprint density at radius 2 is 2.00 bits per heavy atom. The Morgan fingerprint density at radius 3 is 2.83 bits per heavy atom. The summed E-state index contributed by atoms with van der Waals surface area (Å²) in [5.41, 5.74) is 0.435. The summed E-state index contributed by atoms with van der Waals surface area (Å²) >= 11 is 0. The number of fused-ring (bicyclic) bond motifs is 1. The first-order valence-corrected chi connectivity index (χ1v) is 7.22. The van der Waals surface area contributed by atoms with Gasteiger partial charge < -0.3 is 9.64 Å². The van der Waals surface area contributed by atoms with E-state index in [0.717, 1.165) is 0 Å². The number of rotatable bonds is 5. The first-order chi connectivity index (χ1) is 11.1. The lowest BCUT2D eigenvalue weighted by Gasteiger charge is -2.18. The van der Waals surface area contributed by atoms with Gasteiger partial charge in [-0.25, -0.2) is 9.37 Å². The molecular formula is C17H16FN3O2. The van der Waals surface area contributed by atoms with Crippen molar-refractivity contribution < 1.29 is 9.13 Å². The lowest BCUT2D eigenvalue weighted by molar-refractivity contribution is 0.309. The van der Waals surface area contributed by atoms with Crippen LogP contribution in [0.25, 0.3) is 5.65 Å². The minimum Gasteiger partial charge on any atom is -0.489 e. The molecule has 0 aliphatic heterocycles. The zero-order chi connectivity index (χ0) is 16.2. The van der Waals surface area contributed by atoms with Crippen molar-refractivity contribution in [2.75, 3.05) is 25.1 Å². The number of likely N-dealkylation sites (N-methyl/N-ethyl adjacent to an activating group) is 1. The quantitative estimate of drug-likeness (QED) is 0.725. The van der Waals surface area contributed by atoms with E-state index < -0.39 is 5.82 Å². The first-order valence-electron chi connectivity index (χ1n) is 7.22. The number of halogens is 1. The molecule has 0 bridgehead atoms. The predicted octanol–water partition coefficient (Wildman–Crippen LogP) is 2.35. The molecule has 0 amide bonds. The molecule has 118 valence electrons. The first kappa shape index (κ1) is 15.0. The maximum absolute atomic E-state index is 13.5. The van der Waals surface area contributed by atoms with Gasteiger partial charge in [-0.15, -0.1) is 0 Å². The van der Waals surface area contributed by atoms with Crippen LogP contribution in [0.15, 0.2) is 59.5 Å². The monoisotopic (exact) mass is 313 g/mol. The summed E-state index contributed by atoms with van der Waals surface area (Å²) in [4.78, 5) is 18.3. The fourth-order valence-corrected chi connectivity index (χ4v) is 2.21. The predicted molar refractivity (Wildman–Crippen MR) is 86.6 cm³/mol. The van der Waals surface area contributed by atoms with E-state index in [1.54, 1.807) is 41.4 Å². The third-order valence-electron chi connectivity index (χ3n) is 3.47. The molecule has 0 radical (unpaired) electrons. The molecule has 0 aliphatic rings. The lowest BCUT2D eigenvalue weighted by atomic mass is 10.3. The highest BCUT2D eigenvalue weighted by atomic mass is 19.1. The van der Waals surface area contributed by atoms with Gasteiger partial charge in [0.15, 0.2) is 11.6 Å². The van der Waals surface area contributed by atoms with Gasteiger partial charge in [0.25, 0.3) is 5.56 Å². The van der Waals surface area contributed by atoms with Crippen LogP contribution in [0, 0.1) is 5.82 Å². The molecule has 0 saturated carbocycles. The van der Waals surface area contributed by atoms with Crippen molar-refractivity contribution in [2.24, 2.45) is 0 Å². The molecule has 0 spiro atoms. The van der Waals surface area contributed by atoms with Gasteiger partial charge in [-0.05, 0) is 24.3 Å². The Hall–Kier alpha value is -2.89. The summed E-state index contributed by atoms with van der Waals surface area (Å²) in [5.74, 6) is 0.378. The third-order valence-corrected chi connectivity index (χ3v) is 3.47. The Kier molecular flexibility index (Phi) is 4.23. The number of benzene rings is 1. The molecule has 0 N–H and O–H groups in total. The van der Waals surface area contributed by atoms with Crippen molar-refractivity contribution in [1.82, 2.24) is 9.38 Å². The van der Waals surface area contributed by atoms with Crippen LogP contribution in [0.1, 0.15) is 0 Å². The van der Waals surface area contributed by atoms with E-state index in [2.05, 4.69) is 4.98 Å². The molecule has 0 unspecified atom stereocenters. The van der Waals surface area contributed by atoms with Gasteiger partial charge in [-0.1, -0.05) is 18.2 Å². The Labute approximate surface area is 132 Å². The molecule has 2 aromatic heterocycles. The second-order valence-electron chi connectivity index (χ2n) is 5.08. The highest BCUT2D eigenvalue weighted by Crippen LogP contribution is 2.15. The minimum atomic E-state index is -0.391. The van der Waals surface area contributed by atoms with Crippen LogP contribution < -0.4 is 15.2 Å². The Morgan fingerprint density at radius 1 is 1.22 bits per heavy atom. The Balaban J connectivity index is 1.70. The maximum Gasteiger partial charge on any atom is 0.259 e. The van der Waals surface area contributed by atoms with Gasteiger partial charge in [-0.2, -0.15) is 0 Å². The van der Waals surface area contributed by atoms with Crippen LogP contribution in [0.5, 0.6) is 5.75 Å². The van der Waals surface area contributed by atoms with E-state index in [1.165, 1.54) is 16.5 Å². The van der Waals surface area contributed by atoms with Crippen molar-refractivity contribution in [3.05, 3.63) is 70.9 Å². The van der Waals surface area contributed by atoms with Crippen LogP contribution in [-0.4, -0.2) is 29.6 Å². The third kappa shape index (κ3) is 3.31. The fraction of sp³-hybridized carbons (Fsp3) is 0.176. The van der Waals surface area contributed by atoms with Crippen LogP contribution in [-0.2, 0) is 0 Å². The molecule has 5 nitrogen and oxygen atoms in total. The molecule has 0 fully saturated rings. The molecule has 1 aromatic carbocycles. The minimum absolute atomic E-state index is 0.146. The van der Waals surface area contributed by atoms with E-state index in [4.69, 9.17) is 4.74 Å². The molecule has 0 aliphatic carbocycles. The van der Waals surface area contributed by atoms with E-state index in [0.29, 0.717) is 18.0 Å². The molecule has 3 rings (SSSR count). The zero-order valence-electron chi connectivity index (χ0n) is 12.6. The van der Waals surface area contributed by atoms with Gasteiger partial charge in [0.2, 0.25) is 0 Å². The normalized spacial score (nSPS) is 10.7. The van der Waals surface area contributed by atoms with E-state index in [-0.39, 0.29) is 17.9 Å². The average Bonchev–Trinajstić information content (AvgIpc) is 2.56. The van der Waals surface area contributed by atoms with Gasteiger partial charge in [0, 0.05) is 19.3 Å². The van der Waals surface area contributed by atoms with Crippen molar-refractivity contribution in [1.29, 1.82) is 0 Å². The van der Waals surface area contributed by atoms with Crippen LogP contribution >= 0.6 is 0 Å². The number of para-hydroxylation sites is 1. The zero-order valence-corrected chi connectivity index (χ0v) is 12.6. The number of aromatic nitrogens is 2. The summed E-state index contributed by atoms with van der Waals surface area (Å²) in [6, 6.07) is 13.1. The second kappa shape index (κ2) is 6.48. The average molecular weight is 313 g/mol. The van der Waals surface area contributed by atoms with Crippen LogP contribution in [0.3, 0.4) is 0 Å². The van der Waals surface area contributed by atoms with Gasteiger partial charge in [0.1, 0.15) is 18.1 Å². The number of hydrogen-bond donors (Lipinski definition) is 0. The molecule has 0 saturated heterocycles. The van der Waals surface area contributed by atoms with Gasteiger partial charge >= 0.3 is 0 Å². The van der Waals surface area contributed by atoms with Crippen LogP contribution in [0.2, 0.25) is 0 Å². The summed E-state index contributed by atoms with van der Waals surface area (Å²) in [6.45, 7) is 0.761. The molecule has 23 heavy (non-hydrogen) atoms. The molecule has 6 heteroatoms. The topological polar surface area (TPSA) is 46.8 Å². The summed E-state index contributed by atoms with van der Waals surface area (Å²) in [6.07, 6.45) is 1.68. The highest BCUT2D eigenvalue weighted by molar-refractivity contribution is 5.47. The molecule has 0 atom stereocenters. The summed E-state index contributed by atoms with van der Waals surface area (Å²) in [7, 11) is 1.81. The van der Waals surface area contributed by atoms with E-state index >= 15 is 0 Å². The second-order valence-corrected chi connectivity index (χ2v) is 5.08.